The summed E-state index contributed by atoms with van der Waals surface area (Å²) < 4.78 is 48.2. The molecule has 3 fully saturated rings. The zero-order chi connectivity index (χ0) is 44.0. The van der Waals surface area contributed by atoms with E-state index < -0.39 is 86.4 Å². The first-order valence-electron chi connectivity index (χ1n) is 19.6. The van der Waals surface area contributed by atoms with Gasteiger partial charge < -0.3 is 69.3 Å². The number of hydrogen-bond donors (Lipinski definition) is 9. The van der Waals surface area contributed by atoms with E-state index in [1.165, 1.54) is 41.3 Å². The summed E-state index contributed by atoms with van der Waals surface area (Å²) in [6, 6.07) is 23.3. The van der Waals surface area contributed by atoms with Crippen molar-refractivity contribution in [3.8, 4) is 22.6 Å². The molecular formula is C43H49F2NO14S. The number of aliphatic hydroxyl groups is 8. The van der Waals surface area contributed by atoms with E-state index in [0.29, 0.717) is 29.0 Å². The van der Waals surface area contributed by atoms with Gasteiger partial charge in [-0.2, -0.15) is 0 Å². The molecule has 3 aliphatic rings. The third-order valence-electron chi connectivity index (χ3n) is 10.8. The first-order valence-corrected chi connectivity index (χ1v) is 20.5. The summed E-state index contributed by atoms with van der Waals surface area (Å²) in [7, 11) is 0. The average molecular weight is 874 g/mol. The molecule has 0 aliphatic carbocycles. The summed E-state index contributed by atoms with van der Waals surface area (Å²) >= 11 is 0.925. The Labute approximate surface area is 354 Å². The molecule has 0 bridgehead atoms. The van der Waals surface area contributed by atoms with Crippen LogP contribution >= 0.6 is 12.0 Å². The van der Waals surface area contributed by atoms with Gasteiger partial charge in [-0.1, -0.05) is 43.3 Å². The highest BCUT2D eigenvalue weighted by molar-refractivity contribution is 7.95. The van der Waals surface area contributed by atoms with Gasteiger partial charge in [-0.05, 0) is 77.7 Å². The van der Waals surface area contributed by atoms with Gasteiger partial charge in [0.15, 0.2) is 6.29 Å². The summed E-state index contributed by atoms with van der Waals surface area (Å²) in [5, 5.41) is 91.4. The number of halogens is 2. The number of rotatable bonds is 13. The molecule has 0 aromatic heterocycles. The maximum absolute atomic E-state index is 13.4. The molecule has 12 atom stereocenters. The van der Waals surface area contributed by atoms with Crippen LogP contribution in [0.5, 0.6) is 11.5 Å². The Balaban J connectivity index is 0.000000492. The first kappa shape index (κ1) is 46.2. The van der Waals surface area contributed by atoms with Crippen LogP contribution in [0.4, 0.5) is 14.5 Å². The average Bonchev–Trinajstić information content (AvgIpc) is 3.26. The molecule has 0 spiro atoms. The maximum Gasteiger partial charge on any atom is 0.230 e. The molecule has 0 radical (unpaired) electrons. The number of carbonyl (C=O) groups is 1. The molecule has 4 aromatic rings. The number of phenols is 1. The fourth-order valence-corrected chi connectivity index (χ4v) is 7.92. The summed E-state index contributed by atoms with van der Waals surface area (Å²) in [5.74, 6) is -0.312. The molecule has 330 valence electrons. The van der Waals surface area contributed by atoms with Crippen molar-refractivity contribution in [1.29, 1.82) is 0 Å². The Morgan fingerprint density at radius 1 is 0.754 bits per heavy atom. The number of β-lactam (4-membered cyclic amide) rings is 1. The maximum atomic E-state index is 13.4. The molecule has 4 aromatic carbocycles. The van der Waals surface area contributed by atoms with E-state index in [0.717, 1.165) is 23.2 Å². The fraction of sp³-hybridized carbons (Fsp3) is 0.419. The van der Waals surface area contributed by atoms with Crippen LogP contribution in [-0.4, -0.2) is 132 Å². The van der Waals surface area contributed by atoms with Crippen LogP contribution in [0, 0.1) is 11.6 Å². The highest BCUT2D eigenvalue weighted by Crippen LogP contribution is 2.43. The highest BCUT2D eigenvalue weighted by Gasteiger charge is 2.50. The van der Waals surface area contributed by atoms with Crippen LogP contribution in [0.15, 0.2) is 91.0 Å². The lowest BCUT2D eigenvalue weighted by atomic mass is 9.90. The normalized spacial score (nSPS) is 29.3. The number of nitrogens with zero attached hydrogens (tertiary/aromatic N) is 1. The van der Waals surface area contributed by atoms with E-state index in [1.807, 2.05) is 13.0 Å². The molecule has 3 saturated heterocycles. The minimum absolute atomic E-state index is 0.0123. The Hall–Kier alpha value is -4.28. The number of phenolic OH excluding ortho intramolecular Hbond substituents is 1. The van der Waals surface area contributed by atoms with E-state index in [4.69, 9.17) is 18.4 Å². The molecule has 7 rings (SSSR count). The Bertz CT molecular complexity index is 2030. The van der Waals surface area contributed by atoms with E-state index in [1.54, 1.807) is 48.5 Å². The number of amides is 1. The minimum atomic E-state index is -1.76. The second-order valence-electron chi connectivity index (χ2n) is 14.8. The van der Waals surface area contributed by atoms with E-state index in [-0.39, 0.29) is 35.7 Å². The molecule has 15 nitrogen and oxygen atoms in total. The first-order chi connectivity index (χ1) is 29.2. The lowest BCUT2D eigenvalue weighted by Gasteiger charge is -2.46. The summed E-state index contributed by atoms with van der Waals surface area (Å²) in [5.41, 5.74) is 3.38. The number of aromatic hydroxyl groups is 1. The van der Waals surface area contributed by atoms with E-state index in [2.05, 4.69) is 0 Å². The predicted molar refractivity (Wildman–Crippen MR) is 216 cm³/mol. The molecule has 3 aliphatic heterocycles. The SMILES string of the molecule is CCC(O)c1ccc(F)cc1.O=C1CC(c2ccc(-c3ccc(OSCC4OC(CO)C(OC5OC(CO)C(O)C(O)C5O)C(O)C4O)cc3)cc2O)N1c1ccc(F)cc1. The minimum Gasteiger partial charge on any atom is -0.508 e. The smallest absolute Gasteiger partial charge is 0.230 e. The number of hydrogen-bond acceptors (Lipinski definition) is 15. The van der Waals surface area contributed by atoms with Crippen molar-refractivity contribution < 1.29 is 77.9 Å². The summed E-state index contributed by atoms with van der Waals surface area (Å²) in [6.07, 6.45) is -14.3. The zero-order valence-electron chi connectivity index (χ0n) is 32.8. The molecule has 3 heterocycles. The summed E-state index contributed by atoms with van der Waals surface area (Å²) in [4.78, 5) is 13.9. The second kappa shape index (κ2) is 20.7. The Morgan fingerprint density at radius 2 is 1.36 bits per heavy atom. The van der Waals surface area contributed by atoms with Crippen LogP contribution in [0.2, 0.25) is 0 Å². The number of aliphatic hydroxyl groups excluding tert-OH is 8. The van der Waals surface area contributed by atoms with Gasteiger partial charge in [0.25, 0.3) is 0 Å². The van der Waals surface area contributed by atoms with Crippen molar-refractivity contribution in [2.45, 2.75) is 93.1 Å². The third-order valence-corrected chi connectivity index (χ3v) is 11.5. The number of benzene rings is 4. The zero-order valence-corrected chi connectivity index (χ0v) is 33.6. The van der Waals surface area contributed by atoms with Gasteiger partial charge in [0, 0.05) is 11.3 Å². The van der Waals surface area contributed by atoms with E-state index >= 15 is 0 Å². The lowest BCUT2D eigenvalue weighted by molar-refractivity contribution is -0.341. The van der Waals surface area contributed by atoms with Crippen LogP contribution < -0.4 is 9.08 Å². The van der Waals surface area contributed by atoms with Crippen molar-refractivity contribution in [2.75, 3.05) is 23.9 Å². The molecule has 18 heteroatoms. The molecule has 1 amide bonds. The monoisotopic (exact) mass is 873 g/mol. The van der Waals surface area contributed by atoms with Crippen molar-refractivity contribution in [3.63, 3.8) is 0 Å². The van der Waals surface area contributed by atoms with Gasteiger partial charge in [0.2, 0.25) is 5.91 Å². The van der Waals surface area contributed by atoms with E-state index in [9.17, 15) is 59.5 Å². The van der Waals surface area contributed by atoms with Crippen LogP contribution in [0.25, 0.3) is 11.1 Å². The van der Waals surface area contributed by atoms with Crippen molar-refractivity contribution in [2.24, 2.45) is 0 Å². The van der Waals surface area contributed by atoms with Gasteiger partial charge >= 0.3 is 0 Å². The molecule has 61 heavy (non-hydrogen) atoms. The van der Waals surface area contributed by atoms with Crippen LogP contribution in [0.1, 0.15) is 43.0 Å². The molecule has 9 N–H and O–H groups in total. The van der Waals surface area contributed by atoms with Crippen molar-refractivity contribution >= 4 is 23.6 Å². The highest BCUT2D eigenvalue weighted by atomic mass is 32.2. The quantitative estimate of drug-likeness (QED) is 0.0694. The molecule has 12 unspecified atom stereocenters. The standard InChI is InChI=1S/C34H38FNO13S.C9H11FO/c35-18-4-6-19(7-5-18)36-22(12-27(36)40)21-10-3-17(11-23(21)39)16-1-8-20(9-2-16)49-50-15-26-29(42)31(44)33(25(14-38)46-26)48-34-32(45)30(43)28(41)24(13-37)47-34;1-2-9(11)7-3-5-8(10)6-4-7/h1-11,22,24-26,28-34,37-39,41-45H,12-15H2;3-6,9,11H,2H2,1H3. The Kier molecular flexibility index (Phi) is 15.7. The number of anilines is 1. The van der Waals surface area contributed by atoms with Crippen LogP contribution in [0.3, 0.4) is 0 Å². The number of ether oxygens (including phenoxy) is 3. The predicted octanol–water partition coefficient (Wildman–Crippen LogP) is 2.64. The van der Waals surface area contributed by atoms with Gasteiger partial charge in [-0.3, -0.25) is 4.79 Å². The fourth-order valence-electron chi connectivity index (χ4n) is 7.19. The molecular weight excluding hydrogens is 825 g/mol. The topological polar surface area (TPSA) is 239 Å². The molecule has 0 saturated carbocycles. The van der Waals surface area contributed by atoms with Gasteiger partial charge in [0.1, 0.15) is 72.0 Å². The van der Waals surface area contributed by atoms with Crippen LogP contribution in [-0.2, 0) is 19.0 Å². The van der Waals surface area contributed by atoms with Gasteiger partial charge in [0.05, 0.1) is 55.7 Å². The van der Waals surface area contributed by atoms with Gasteiger partial charge in [-0.25, -0.2) is 8.78 Å². The third kappa shape index (κ3) is 10.7. The summed E-state index contributed by atoms with van der Waals surface area (Å²) in [6.45, 7) is 0.551. The van der Waals surface area contributed by atoms with Gasteiger partial charge in [-0.15, -0.1) is 0 Å². The lowest BCUT2D eigenvalue weighted by Crippen LogP contribution is -2.64. The van der Waals surface area contributed by atoms with Crippen molar-refractivity contribution in [3.05, 3.63) is 114 Å². The largest absolute Gasteiger partial charge is 0.508 e. The second-order valence-corrected chi connectivity index (χ2v) is 15.5. The number of carbonyl (C=O) groups excluding carboxylic acids is 1. The Morgan fingerprint density at radius 3 is 1.95 bits per heavy atom. The van der Waals surface area contributed by atoms with Crippen molar-refractivity contribution in [1.82, 2.24) is 0 Å².